The van der Waals surface area contributed by atoms with Gasteiger partial charge in [0.2, 0.25) is 9.72 Å². The minimum absolute atomic E-state index is 0.163. The first-order chi connectivity index (χ1) is 6.59. The van der Waals surface area contributed by atoms with Crippen LogP contribution in [0.4, 0.5) is 0 Å². The maximum atomic E-state index is 5.72. The van der Waals surface area contributed by atoms with Crippen LogP contribution < -0.4 is 0 Å². The zero-order chi connectivity index (χ0) is 10.3. The summed E-state index contributed by atoms with van der Waals surface area (Å²) in [5.74, 6) is 1.38. The Bertz CT molecular complexity index is 328. The van der Waals surface area contributed by atoms with Gasteiger partial charge in [-0.25, -0.2) is 0 Å². The van der Waals surface area contributed by atoms with Gasteiger partial charge in [0.1, 0.15) is 0 Å². The molecule has 4 atom stereocenters. The van der Waals surface area contributed by atoms with Gasteiger partial charge < -0.3 is 9.26 Å². The van der Waals surface area contributed by atoms with E-state index in [1.165, 1.54) is 0 Å². The third kappa shape index (κ3) is 1.67. The lowest BCUT2D eigenvalue weighted by molar-refractivity contribution is 0.0542. The molecule has 5 heteroatoms. The average molecular weight is 308 g/mol. The molecule has 0 saturated carbocycles. The van der Waals surface area contributed by atoms with Gasteiger partial charge in [-0.1, -0.05) is 12.1 Å². The molecule has 0 spiro atoms. The van der Waals surface area contributed by atoms with Crippen molar-refractivity contribution in [2.75, 3.05) is 0 Å². The molecule has 1 saturated heterocycles. The third-order valence-electron chi connectivity index (χ3n) is 2.94. The van der Waals surface area contributed by atoms with Crippen LogP contribution in [0.2, 0.25) is 0 Å². The molecule has 14 heavy (non-hydrogen) atoms. The van der Waals surface area contributed by atoms with Crippen LogP contribution in [0.5, 0.6) is 0 Å². The maximum absolute atomic E-state index is 5.72. The molecule has 4 unspecified atom stereocenters. The van der Waals surface area contributed by atoms with Crippen molar-refractivity contribution in [3.05, 3.63) is 9.72 Å². The first-order valence-corrected chi connectivity index (χ1v) is 5.82. The van der Waals surface area contributed by atoms with E-state index in [-0.39, 0.29) is 18.1 Å². The lowest BCUT2D eigenvalue weighted by Crippen LogP contribution is -2.15. The summed E-state index contributed by atoms with van der Waals surface area (Å²) in [6, 6.07) is 0. The molecule has 1 fully saturated rings. The zero-order valence-corrected chi connectivity index (χ0v) is 10.6. The Kier molecular flexibility index (Phi) is 2.79. The minimum Gasteiger partial charge on any atom is -0.374 e. The van der Waals surface area contributed by atoms with Crippen molar-refractivity contribution < 1.29 is 9.26 Å². The highest BCUT2D eigenvalue weighted by atomic mass is 127. The van der Waals surface area contributed by atoms with Gasteiger partial charge in [0.15, 0.2) is 0 Å². The molecule has 78 valence electrons. The van der Waals surface area contributed by atoms with Gasteiger partial charge in [0.25, 0.3) is 0 Å². The number of nitrogens with zero attached hydrogens (tertiary/aromatic N) is 2. The van der Waals surface area contributed by atoms with Gasteiger partial charge in [-0.2, -0.15) is 4.98 Å². The fourth-order valence-corrected chi connectivity index (χ4v) is 2.38. The number of hydrogen-bond donors (Lipinski definition) is 0. The average Bonchev–Trinajstić information content (AvgIpc) is 2.60. The summed E-state index contributed by atoms with van der Waals surface area (Å²) in [6.07, 6.45) is 0.427. The smallest absolute Gasteiger partial charge is 0.233 e. The van der Waals surface area contributed by atoms with E-state index in [2.05, 4.69) is 30.9 Å². The molecule has 0 N–H and O–H groups in total. The summed E-state index contributed by atoms with van der Waals surface area (Å²) < 4.78 is 11.6. The first-order valence-electron chi connectivity index (χ1n) is 4.74. The van der Waals surface area contributed by atoms with Gasteiger partial charge in [0, 0.05) is 22.6 Å². The highest BCUT2D eigenvalue weighted by molar-refractivity contribution is 14.1. The Labute approximate surface area is 96.5 Å². The molecule has 0 bridgehead atoms. The van der Waals surface area contributed by atoms with Crippen LogP contribution in [-0.2, 0) is 4.74 Å². The summed E-state index contributed by atoms with van der Waals surface area (Å²) in [5.41, 5.74) is 0. The van der Waals surface area contributed by atoms with Crippen LogP contribution in [-0.4, -0.2) is 22.3 Å². The van der Waals surface area contributed by atoms with Gasteiger partial charge in [-0.15, -0.1) is 0 Å². The molecule has 0 aliphatic carbocycles. The largest absolute Gasteiger partial charge is 0.374 e. The normalized spacial score (nSPS) is 37.7. The van der Waals surface area contributed by atoms with Crippen LogP contribution in [0.15, 0.2) is 4.52 Å². The van der Waals surface area contributed by atoms with Gasteiger partial charge in [-0.3, -0.25) is 0 Å². The predicted molar refractivity (Wildman–Crippen MR) is 58.9 cm³/mol. The zero-order valence-electron chi connectivity index (χ0n) is 8.40. The lowest BCUT2D eigenvalue weighted by atomic mass is 9.89. The summed E-state index contributed by atoms with van der Waals surface area (Å²) in [5, 5.41) is 3.80. The summed E-state index contributed by atoms with van der Waals surface area (Å²) in [6.45, 7) is 6.31. The quantitative estimate of drug-likeness (QED) is 0.746. The van der Waals surface area contributed by atoms with E-state index < -0.39 is 0 Å². The van der Waals surface area contributed by atoms with Gasteiger partial charge >= 0.3 is 0 Å². The van der Waals surface area contributed by atoms with Crippen LogP contribution >= 0.6 is 22.6 Å². The Morgan fingerprint density at radius 3 is 2.36 bits per heavy atom. The van der Waals surface area contributed by atoms with E-state index in [9.17, 15) is 0 Å². The standard InChI is InChI=1S/C9H13IN2O2/c1-4-5(2)13-6(3)7(4)8-11-9(10)12-14-8/h4-7H,1-3H3. The molecule has 1 aromatic heterocycles. The molecule has 0 amide bonds. The molecule has 1 aliphatic heterocycles. The number of aromatic nitrogens is 2. The van der Waals surface area contributed by atoms with Gasteiger partial charge in [-0.05, 0) is 19.8 Å². The fraction of sp³-hybridized carbons (Fsp3) is 0.778. The molecule has 1 aromatic rings. The second kappa shape index (κ2) is 3.77. The Morgan fingerprint density at radius 2 is 1.93 bits per heavy atom. The van der Waals surface area contributed by atoms with Crippen LogP contribution in [0, 0.1) is 9.75 Å². The lowest BCUT2D eigenvalue weighted by Gasteiger charge is -2.12. The summed E-state index contributed by atoms with van der Waals surface area (Å²) >= 11 is 2.05. The van der Waals surface area contributed by atoms with E-state index in [1.807, 2.05) is 22.6 Å². The Hall–Kier alpha value is -0.170. The Morgan fingerprint density at radius 1 is 1.21 bits per heavy atom. The highest BCUT2D eigenvalue weighted by Crippen LogP contribution is 2.38. The predicted octanol–water partition coefficient (Wildman–Crippen LogP) is 2.20. The number of rotatable bonds is 1. The van der Waals surface area contributed by atoms with Crippen molar-refractivity contribution >= 4 is 22.6 Å². The number of halogens is 1. The number of hydrogen-bond acceptors (Lipinski definition) is 4. The molecular formula is C9H13IN2O2. The Balaban J connectivity index is 2.25. The second-order valence-corrected chi connectivity index (χ2v) is 4.80. The molecule has 0 aromatic carbocycles. The van der Waals surface area contributed by atoms with Crippen LogP contribution in [0.25, 0.3) is 0 Å². The molecular weight excluding hydrogens is 295 g/mol. The molecule has 2 rings (SSSR count). The summed E-state index contributed by atoms with van der Waals surface area (Å²) in [4.78, 5) is 4.26. The topological polar surface area (TPSA) is 48.2 Å². The highest BCUT2D eigenvalue weighted by Gasteiger charge is 2.41. The van der Waals surface area contributed by atoms with Crippen molar-refractivity contribution in [3.8, 4) is 0 Å². The van der Waals surface area contributed by atoms with Gasteiger partial charge in [0.05, 0.1) is 18.1 Å². The van der Waals surface area contributed by atoms with E-state index in [0.29, 0.717) is 15.6 Å². The van der Waals surface area contributed by atoms with Crippen LogP contribution in [0.1, 0.15) is 32.6 Å². The van der Waals surface area contributed by atoms with E-state index in [4.69, 9.17) is 9.26 Å². The second-order valence-electron chi connectivity index (χ2n) is 3.83. The van der Waals surface area contributed by atoms with E-state index in [1.54, 1.807) is 0 Å². The first kappa shape index (κ1) is 10.4. The maximum Gasteiger partial charge on any atom is 0.233 e. The van der Waals surface area contributed by atoms with Crippen molar-refractivity contribution in [1.29, 1.82) is 0 Å². The number of ether oxygens (including phenoxy) is 1. The SMILES string of the molecule is CC1OC(C)C(c2nc(I)no2)C1C. The molecule has 4 nitrogen and oxygen atoms in total. The molecule has 2 heterocycles. The minimum atomic E-state index is 0.163. The molecule has 1 aliphatic rings. The van der Waals surface area contributed by atoms with Crippen molar-refractivity contribution in [2.24, 2.45) is 5.92 Å². The summed E-state index contributed by atoms with van der Waals surface area (Å²) in [7, 11) is 0. The van der Waals surface area contributed by atoms with Crippen molar-refractivity contribution in [3.63, 3.8) is 0 Å². The fourth-order valence-electron chi connectivity index (χ4n) is 2.04. The third-order valence-corrected chi connectivity index (χ3v) is 3.38. The van der Waals surface area contributed by atoms with Crippen molar-refractivity contribution in [2.45, 2.75) is 38.9 Å². The van der Waals surface area contributed by atoms with E-state index >= 15 is 0 Å². The van der Waals surface area contributed by atoms with Crippen LogP contribution in [0.3, 0.4) is 0 Å². The molecule has 0 radical (unpaired) electrons. The van der Waals surface area contributed by atoms with Crippen molar-refractivity contribution in [1.82, 2.24) is 10.1 Å². The monoisotopic (exact) mass is 308 g/mol. The van der Waals surface area contributed by atoms with E-state index in [0.717, 1.165) is 0 Å².